The lowest BCUT2D eigenvalue weighted by Gasteiger charge is -2.11. The maximum Gasteiger partial charge on any atom is 0.335 e. The molecule has 0 aliphatic heterocycles. The summed E-state index contributed by atoms with van der Waals surface area (Å²) in [6, 6.07) is 4.44. The third-order valence-electron chi connectivity index (χ3n) is 2.59. The van der Waals surface area contributed by atoms with Gasteiger partial charge in [-0.15, -0.1) is 0 Å². The zero-order valence-electron chi connectivity index (χ0n) is 11.2. The minimum absolute atomic E-state index is 0.143. The van der Waals surface area contributed by atoms with Gasteiger partial charge in [-0.1, -0.05) is 0 Å². The van der Waals surface area contributed by atoms with E-state index < -0.39 is 5.97 Å². The molecule has 104 valence electrons. The Kier molecular flexibility index (Phi) is 4.14. The van der Waals surface area contributed by atoms with Crippen molar-refractivity contribution in [1.29, 1.82) is 0 Å². The maximum atomic E-state index is 10.9. The van der Waals surface area contributed by atoms with Gasteiger partial charge in [0, 0.05) is 6.20 Å². The molecule has 0 saturated carbocycles. The van der Waals surface area contributed by atoms with Crippen LogP contribution in [0.15, 0.2) is 30.6 Å². The van der Waals surface area contributed by atoms with E-state index in [4.69, 9.17) is 14.6 Å². The molecular formula is C14H14N2O4. The summed E-state index contributed by atoms with van der Waals surface area (Å²) in [6.07, 6.45) is 3.27. The normalized spacial score (nSPS) is 10.1. The number of rotatable bonds is 5. The number of nitrogens with zero attached hydrogens (tertiary/aromatic N) is 2. The van der Waals surface area contributed by atoms with E-state index >= 15 is 0 Å². The van der Waals surface area contributed by atoms with Gasteiger partial charge >= 0.3 is 5.97 Å². The molecule has 1 aromatic carbocycles. The Morgan fingerprint density at radius 3 is 2.75 bits per heavy atom. The number of hydrogen-bond acceptors (Lipinski definition) is 5. The lowest BCUT2D eigenvalue weighted by Crippen LogP contribution is -2.03. The van der Waals surface area contributed by atoms with Crippen molar-refractivity contribution in [3.05, 3.63) is 47.5 Å². The highest BCUT2D eigenvalue weighted by Crippen LogP contribution is 2.28. The lowest BCUT2D eigenvalue weighted by molar-refractivity contribution is 0.0696. The summed E-state index contributed by atoms with van der Waals surface area (Å²) in [6.45, 7) is 2.08. The first-order chi connectivity index (χ1) is 9.60. The van der Waals surface area contributed by atoms with Crippen LogP contribution in [-0.2, 0) is 6.61 Å². The molecule has 1 aromatic heterocycles. The topological polar surface area (TPSA) is 81.5 Å². The molecule has 0 unspecified atom stereocenters. The van der Waals surface area contributed by atoms with Gasteiger partial charge in [0.25, 0.3) is 0 Å². The molecule has 0 radical (unpaired) electrons. The molecule has 0 bridgehead atoms. The van der Waals surface area contributed by atoms with Crippen molar-refractivity contribution in [3.8, 4) is 11.5 Å². The summed E-state index contributed by atoms with van der Waals surface area (Å²) in [5.41, 5.74) is 1.64. The van der Waals surface area contributed by atoms with Gasteiger partial charge in [0.2, 0.25) is 0 Å². The third-order valence-corrected chi connectivity index (χ3v) is 2.59. The summed E-state index contributed by atoms with van der Waals surface area (Å²) < 4.78 is 10.7. The standard InChI is InChI=1S/C14H14N2O4/c1-9-6-15-7-11(16-9)8-20-12-4-3-10(14(17)18)5-13(12)19-2/h3-7H,8H2,1-2H3,(H,17,18). The average Bonchev–Trinajstić information content (AvgIpc) is 2.45. The first-order valence-electron chi connectivity index (χ1n) is 5.92. The van der Waals surface area contributed by atoms with Gasteiger partial charge in [-0.2, -0.15) is 0 Å². The second kappa shape index (κ2) is 6.01. The number of methoxy groups -OCH3 is 1. The first-order valence-corrected chi connectivity index (χ1v) is 5.92. The predicted octanol–water partition coefficient (Wildman–Crippen LogP) is 2.07. The minimum Gasteiger partial charge on any atom is -0.493 e. The number of hydrogen-bond donors (Lipinski definition) is 1. The van der Waals surface area contributed by atoms with Gasteiger partial charge in [0.1, 0.15) is 6.61 Å². The first kappa shape index (κ1) is 13.8. The largest absolute Gasteiger partial charge is 0.493 e. The molecule has 1 N–H and O–H groups in total. The number of carboxylic acids is 1. The molecule has 0 aliphatic carbocycles. The summed E-state index contributed by atoms with van der Waals surface area (Å²) in [5, 5.41) is 8.92. The zero-order chi connectivity index (χ0) is 14.5. The molecule has 6 nitrogen and oxygen atoms in total. The number of carboxylic acid groups (broad SMARTS) is 1. The third kappa shape index (κ3) is 3.23. The fourth-order valence-electron chi connectivity index (χ4n) is 1.66. The maximum absolute atomic E-state index is 10.9. The zero-order valence-corrected chi connectivity index (χ0v) is 11.2. The van der Waals surface area contributed by atoms with Crippen LogP contribution < -0.4 is 9.47 Å². The van der Waals surface area contributed by atoms with Gasteiger partial charge in [0.05, 0.1) is 30.3 Å². The molecule has 0 saturated heterocycles. The van der Waals surface area contributed by atoms with E-state index in [-0.39, 0.29) is 12.2 Å². The van der Waals surface area contributed by atoms with Crippen molar-refractivity contribution >= 4 is 5.97 Å². The van der Waals surface area contributed by atoms with Crippen LogP contribution in [0.1, 0.15) is 21.7 Å². The van der Waals surface area contributed by atoms with Crippen LogP contribution in [0, 0.1) is 6.92 Å². The molecule has 0 amide bonds. The number of carbonyl (C=O) groups is 1. The monoisotopic (exact) mass is 274 g/mol. The van der Waals surface area contributed by atoms with E-state index in [1.54, 1.807) is 18.5 Å². The number of aryl methyl sites for hydroxylation is 1. The summed E-state index contributed by atoms with van der Waals surface area (Å²) >= 11 is 0. The van der Waals surface area contributed by atoms with Gasteiger partial charge < -0.3 is 14.6 Å². The van der Waals surface area contributed by atoms with Crippen LogP contribution in [-0.4, -0.2) is 28.2 Å². The van der Waals surface area contributed by atoms with Gasteiger partial charge in [0.15, 0.2) is 11.5 Å². The molecule has 0 spiro atoms. The summed E-state index contributed by atoms with van der Waals surface area (Å²) in [4.78, 5) is 19.2. The predicted molar refractivity (Wildman–Crippen MR) is 71.1 cm³/mol. The molecule has 20 heavy (non-hydrogen) atoms. The van der Waals surface area contributed by atoms with Crippen molar-refractivity contribution in [2.24, 2.45) is 0 Å². The second-order valence-corrected chi connectivity index (χ2v) is 4.11. The fourth-order valence-corrected chi connectivity index (χ4v) is 1.66. The van der Waals surface area contributed by atoms with Crippen LogP contribution in [0.25, 0.3) is 0 Å². The van der Waals surface area contributed by atoms with E-state index in [9.17, 15) is 4.79 Å². The molecule has 2 aromatic rings. The van der Waals surface area contributed by atoms with Gasteiger partial charge in [-0.3, -0.25) is 9.97 Å². The van der Waals surface area contributed by atoms with Crippen molar-refractivity contribution in [1.82, 2.24) is 9.97 Å². The van der Waals surface area contributed by atoms with Crippen LogP contribution >= 0.6 is 0 Å². The average molecular weight is 274 g/mol. The van der Waals surface area contributed by atoms with Gasteiger partial charge in [-0.25, -0.2) is 4.79 Å². The molecule has 0 atom stereocenters. The highest BCUT2D eigenvalue weighted by Gasteiger charge is 2.10. The number of aromatic carboxylic acids is 1. The van der Waals surface area contributed by atoms with E-state index in [2.05, 4.69) is 9.97 Å². The fraction of sp³-hybridized carbons (Fsp3) is 0.214. The van der Waals surface area contributed by atoms with Gasteiger partial charge in [-0.05, 0) is 25.1 Å². The van der Waals surface area contributed by atoms with E-state index in [0.717, 1.165) is 5.69 Å². The van der Waals surface area contributed by atoms with Crippen molar-refractivity contribution in [2.75, 3.05) is 7.11 Å². The Morgan fingerprint density at radius 2 is 2.10 bits per heavy atom. The number of aromatic nitrogens is 2. The van der Waals surface area contributed by atoms with Crippen LogP contribution in [0.4, 0.5) is 0 Å². The lowest BCUT2D eigenvalue weighted by atomic mass is 10.2. The summed E-state index contributed by atoms with van der Waals surface area (Å²) in [7, 11) is 1.46. The van der Waals surface area contributed by atoms with Crippen molar-refractivity contribution < 1.29 is 19.4 Å². The Bertz CT molecular complexity index is 628. The van der Waals surface area contributed by atoms with Crippen LogP contribution in [0.2, 0.25) is 0 Å². The smallest absolute Gasteiger partial charge is 0.335 e. The highest BCUT2D eigenvalue weighted by molar-refractivity contribution is 5.88. The Balaban J connectivity index is 2.15. The quantitative estimate of drug-likeness (QED) is 0.898. The summed E-state index contributed by atoms with van der Waals surface area (Å²) in [5.74, 6) is -0.189. The highest BCUT2D eigenvalue weighted by atomic mass is 16.5. The van der Waals surface area contributed by atoms with E-state index in [1.807, 2.05) is 6.92 Å². The van der Waals surface area contributed by atoms with Crippen LogP contribution in [0.3, 0.4) is 0 Å². The molecule has 2 rings (SSSR count). The second-order valence-electron chi connectivity index (χ2n) is 4.11. The molecule has 0 fully saturated rings. The van der Waals surface area contributed by atoms with Crippen molar-refractivity contribution in [3.63, 3.8) is 0 Å². The Labute approximate surface area is 116 Å². The van der Waals surface area contributed by atoms with E-state index in [0.29, 0.717) is 17.2 Å². The molecule has 6 heteroatoms. The Morgan fingerprint density at radius 1 is 1.30 bits per heavy atom. The van der Waals surface area contributed by atoms with Crippen LogP contribution in [0.5, 0.6) is 11.5 Å². The molecule has 1 heterocycles. The van der Waals surface area contributed by atoms with E-state index in [1.165, 1.54) is 19.2 Å². The molecular weight excluding hydrogens is 260 g/mol. The number of ether oxygens (including phenoxy) is 2. The SMILES string of the molecule is COc1cc(C(=O)O)ccc1OCc1cncc(C)n1. The number of benzene rings is 1. The van der Waals surface area contributed by atoms with Crippen molar-refractivity contribution in [2.45, 2.75) is 13.5 Å². The Hall–Kier alpha value is -2.63. The minimum atomic E-state index is -1.01. The molecule has 0 aliphatic rings.